The Hall–Kier alpha value is -3.35. The SMILES string of the molecule is CCC[C@@H](CC(=O)O)NC(=O)C(C)C(C)NC(=O)OCC1c2ccccc2-c2ccccc21. The molecular formula is C26H32N2O5. The van der Waals surface area contributed by atoms with Gasteiger partial charge in [-0.3, -0.25) is 9.59 Å². The summed E-state index contributed by atoms with van der Waals surface area (Å²) in [5, 5.41) is 14.6. The van der Waals surface area contributed by atoms with E-state index in [0.717, 1.165) is 28.7 Å². The van der Waals surface area contributed by atoms with Crippen LogP contribution in [-0.2, 0) is 14.3 Å². The Morgan fingerprint density at radius 2 is 1.55 bits per heavy atom. The minimum Gasteiger partial charge on any atom is -0.481 e. The number of benzene rings is 2. The third kappa shape index (κ3) is 5.92. The van der Waals surface area contributed by atoms with Crippen LogP contribution in [0.2, 0.25) is 0 Å². The average Bonchev–Trinajstić information content (AvgIpc) is 3.10. The number of fused-ring (bicyclic) bond motifs is 3. The minimum atomic E-state index is -0.953. The van der Waals surface area contributed by atoms with Gasteiger partial charge in [0, 0.05) is 18.0 Å². The third-order valence-corrected chi connectivity index (χ3v) is 6.26. The summed E-state index contributed by atoms with van der Waals surface area (Å²) in [5.41, 5.74) is 4.58. The standard InChI is InChI=1S/C26H32N2O5/c1-4-9-18(14-24(29)30)28-25(31)16(2)17(3)27-26(32)33-15-23-21-12-7-5-10-19(21)20-11-6-8-13-22(20)23/h5-8,10-13,16-18,23H,4,9,14-15H2,1-3H3,(H,27,32)(H,28,31)(H,29,30)/t16?,17?,18-/m0/s1. The van der Waals surface area contributed by atoms with E-state index in [4.69, 9.17) is 9.84 Å². The van der Waals surface area contributed by atoms with E-state index in [1.807, 2.05) is 31.2 Å². The maximum atomic E-state index is 12.6. The van der Waals surface area contributed by atoms with Gasteiger partial charge in [-0.15, -0.1) is 0 Å². The summed E-state index contributed by atoms with van der Waals surface area (Å²) in [7, 11) is 0. The zero-order valence-electron chi connectivity index (χ0n) is 19.3. The summed E-state index contributed by atoms with van der Waals surface area (Å²) < 4.78 is 5.55. The Morgan fingerprint density at radius 3 is 2.09 bits per heavy atom. The number of ether oxygens (including phenoxy) is 1. The van der Waals surface area contributed by atoms with Crippen molar-refractivity contribution in [2.24, 2.45) is 5.92 Å². The molecular weight excluding hydrogens is 420 g/mol. The molecule has 2 aromatic rings. The number of amides is 2. The number of aliphatic carboxylic acids is 1. The Kier molecular flexibility index (Phi) is 8.09. The second-order valence-corrected chi connectivity index (χ2v) is 8.64. The molecule has 0 bridgehead atoms. The highest BCUT2D eigenvalue weighted by atomic mass is 16.5. The van der Waals surface area contributed by atoms with Crippen LogP contribution in [0.1, 0.15) is 57.1 Å². The van der Waals surface area contributed by atoms with E-state index >= 15 is 0 Å². The van der Waals surface area contributed by atoms with Crippen LogP contribution in [0.4, 0.5) is 4.79 Å². The largest absolute Gasteiger partial charge is 0.481 e. The summed E-state index contributed by atoms with van der Waals surface area (Å²) in [4.78, 5) is 36.1. The van der Waals surface area contributed by atoms with Crippen molar-refractivity contribution in [2.75, 3.05) is 6.61 Å². The number of hydrogen-bond acceptors (Lipinski definition) is 4. The quantitative estimate of drug-likeness (QED) is 0.498. The average molecular weight is 453 g/mol. The molecule has 3 atom stereocenters. The van der Waals surface area contributed by atoms with Gasteiger partial charge >= 0.3 is 12.1 Å². The van der Waals surface area contributed by atoms with E-state index in [-0.39, 0.29) is 24.9 Å². The van der Waals surface area contributed by atoms with Crippen molar-refractivity contribution in [1.82, 2.24) is 10.6 Å². The zero-order valence-corrected chi connectivity index (χ0v) is 19.3. The molecule has 176 valence electrons. The van der Waals surface area contributed by atoms with Crippen LogP contribution < -0.4 is 10.6 Å². The highest BCUT2D eigenvalue weighted by molar-refractivity contribution is 5.81. The predicted octanol–water partition coefficient (Wildman–Crippen LogP) is 4.31. The molecule has 7 heteroatoms. The van der Waals surface area contributed by atoms with Crippen LogP contribution >= 0.6 is 0 Å². The monoisotopic (exact) mass is 452 g/mol. The molecule has 2 aromatic carbocycles. The molecule has 33 heavy (non-hydrogen) atoms. The van der Waals surface area contributed by atoms with Gasteiger partial charge < -0.3 is 20.5 Å². The molecule has 7 nitrogen and oxygen atoms in total. The Balaban J connectivity index is 1.55. The van der Waals surface area contributed by atoms with Crippen molar-refractivity contribution in [3.63, 3.8) is 0 Å². The summed E-state index contributed by atoms with van der Waals surface area (Å²) in [6, 6.07) is 15.3. The smallest absolute Gasteiger partial charge is 0.407 e. The van der Waals surface area contributed by atoms with Crippen LogP contribution in [0, 0.1) is 5.92 Å². The van der Waals surface area contributed by atoms with Crippen molar-refractivity contribution in [2.45, 2.75) is 58.0 Å². The number of carboxylic acid groups (broad SMARTS) is 1. The van der Waals surface area contributed by atoms with Crippen molar-refractivity contribution >= 4 is 18.0 Å². The van der Waals surface area contributed by atoms with Gasteiger partial charge in [-0.25, -0.2) is 4.79 Å². The Bertz CT molecular complexity index is 960. The van der Waals surface area contributed by atoms with Crippen LogP contribution in [0.25, 0.3) is 11.1 Å². The molecule has 0 radical (unpaired) electrons. The van der Waals surface area contributed by atoms with Crippen molar-refractivity contribution in [3.05, 3.63) is 59.7 Å². The number of carboxylic acids is 1. The minimum absolute atomic E-state index is 0.0370. The molecule has 2 amide bonds. The van der Waals surface area contributed by atoms with Crippen LogP contribution in [0.5, 0.6) is 0 Å². The second kappa shape index (κ2) is 11.0. The fourth-order valence-corrected chi connectivity index (χ4v) is 4.30. The van der Waals surface area contributed by atoms with E-state index in [0.29, 0.717) is 6.42 Å². The lowest BCUT2D eigenvalue weighted by molar-refractivity contribution is -0.137. The highest BCUT2D eigenvalue weighted by Gasteiger charge is 2.30. The predicted molar refractivity (Wildman–Crippen MR) is 126 cm³/mol. The second-order valence-electron chi connectivity index (χ2n) is 8.64. The number of nitrogens with one attached hydrogen (secondary N) is 2. The zero-order chi connectivity index (χ0) is 24.0. The molecule has 3 rings (SSSR count). The first-order valence-electron chi connectivity index (χ1n) is 11.5. The Labute approximate surface area is 194 Å². The van der Waals surface area contributed by atoms with Gasteiger partial charge in [-0.1, -0.05) is 68.8 Å². The molecule has 0 saturated carbocycles. The molecule has 0 fully saturated rings. The normalized spacial score (nSPS) is 15.0. The first-order chi connectivity index (χ1) is 15.8. The summed E-state index contributed by atoms with van der Waals surface area (Å²) in [6.45, 7) is 5.57. The van der Waals surface area contributed by atoms with Crippen molar-refractivity contribution in [1.29, 1.82) is 0 Å². The summed E-state index contributed by atoms with van der Waals surface area (Å²) >= 11 is 0. The maximum Gasteiger partial charge on any atom is 0.407 e. The van der Waals surface area contributed by atoms with Crippen LogP contribution in [0.15, 0.2) is 48.5 Å². The molecule has 0 aromatic heterocycles. The van der Waals surface area contributed by atoms with Gasteiger partial charge in [0.2, 0.25) is 5.91 Å². The molecule has 0 aliphatic heterocycles. The fourth-order valence-electron chi connectivity index (χ4n) is 4.30. The van der Waals surface area contributed by atoms with Crippen LogP contribution in [0.3, 0.4) is 0 Å². The summed E-state index contributed by atoms with van der Waals surface area (Å²) in [5.74, 6) is -1.82. The summed E-state index contributed by atoms with van der Waals surface area (Å²) in [6.07, 6.45) is 0.638. The lowest BCUT2D eigenvalue weighted by atomic mass is 9.98. The number of alkyl carbamates (subject to hydrolysis) is 1. The van der Waals surface area contributed by atoms with Crippen molar-refractivity contribution in [3.8, 4) is 11.1 Å². The number of hydrogen-bond donors (Lipinski definition) is 3. The molecule has 3 N–H and O–H groups in total. The topological polar surface area (TPSA) is 105 Å². The van der Waals surface area contributed by atoms with E-state index in [1.54, 1.807) is 13.8 Å². The van der Waals surface area contributed by atoms with E-state index in [9.17, 15) is 14.4 Å². The number of carbonyl (C=O) groups excluding carboxylic acids is 2. The van der Waals surface area contributed by atoms with Gasteiger partial charge in [-0.05, 0) is 35.6 Å². The first-order valence-corrected chi connectivity index (χ1v) is 11.5. The molecule has 0 saturated heterocycles. The van der Waals surface area contributed by atoms with Gasteiger partial charge in [0.25, 0.3) is 0 Å². The maximum absolute atomic E-state index is 12.6. The molecule has 0 spiro atoms. The number of carbonyl (C=O) groups is 3. The third-order valence-electron chi connectivity index (χ3n) is 6.26. The highest BCUT2D eigenvalue weighted by Crippen LogP contribution is 2.44. The van der Waals surface area contributed by atoms with Crippen LogP contribution in [-0.4, -0.2) is 41.8 Å². The van der Waals surface area contributed by atoms with Gasteiger partial charge in [-0.2, -0.15) is 0 Å². The first kappa shape index (κ1) is 24.3. The van der Waals surface area contributed by atoms with E-state index in [1.165, 1.54) is 0 Å². The lowest BCUT2D eigenvalue weighted by Gasteiger charge is -2.24. The van der Waals surface area contributed by atoms with Gasteiger partial charge in [0.1, 0.15) is 6.61 Å². The van der Waals surface area contributed by atoms with Gasteiger partial charge in [0.05, 0.1) is 12.3 Å². The molecule has 2 unspecified atom stereocenters. The van der Waals surface area contributed by atoms with Gasteiger partial charge in [0.15, 0.2) is 0 Å². The van der Waals surface area contributed by atoms with E-state index in [2.05, 4.69) is 34.9 Å². The molecule has 1 aliphatic carbocycles. The lowest BCUT2D eigenvalue weighted by Crippen LogP contribution is -2.47. The van der Waals surface area contributed by atoms with E-state index < -0.39 is 30.1 Å². The Morgan fingerprint density at radius 1 is 0.970 bits per heavy atom. The fraction of sp³-hybridized carbons (Fsp3) is 0.423. The molecule has 1 aliphatic rings. The molecule has 0 heterocycles. The number of rotatable bonds is 10. The van der Waals surface area contributed by atoms with Crippen molar-refractivity contribution < 1.29 is 24.2 Å².